The standard InChI is InChI=1S/C15H13Cl3FN/c1-8-5-10(19)7-11(6-8)20-9(2)12-3-4-13(16)15(18)14(12)17/h3-7,9,20H,1-2H3. The molecule has 0 heterocycles. The number of halogens is 4. The Hall–Kier alpha value is -0.960. The van der Waals surface area contributed by atoms with E-state index in [1.54, 1.807) is 12.1 Å². The summed E-state index contributed by atoms with van der Waals surface area (Å²) in [5.41, 5.74) is 2.35. The second-order valence-corrected chi connectivity index (χ2v) is 5.81. The average molecular weight is 333 g/mol. The van der Waals surface area contributed by atoms with Crippen LogP contribution in [0.5, 0.6) is 0 Å². The van der Waals surface area contributed by atoms with E-state index in [1.165, 1.54) is 12.1 Å². The van der Waals surface area contributed by atoms with Crippen LogP contribution in [0.1, 0.15) is 24.1 Å². The third-order valence-electron chi connectivity index (χ3n) is 2.96. The average Bonchev–Trinajstić information content (AvgIpc) is 2.34. The van der Waals surface area contributed by atoms with Crippen LogP contribution in [0.4, 0.5) is 10.1 Å². The summed E-state index contributed by atoms with van der Waals surface area (Å²) >= 11 is 18.1. The second kappa shape index (κ2) is 6.21. The molecular weight excluding hydrogens is 320 g/mol. The van der Waals surface area contributed by atoms with Gasteiger partial charge in [0.1, 0.15) is 5.82 Å². The van der Waals surface area contributed by atoms with Gasteiger partial charge in [0.2, 0.25) is 0 Å². The van der Waals surface area contributed by atoms with Gasteiger partial charge in [0.05, 0.1) is 21.1 Å². The highest BCUT2D eigenvalue weighted by Gasteiger charge is 2.14. The van der Waals surface area contributed by atoms with Crippen molar-refractivity contribution >= 4 is 40.5 Å². The highest BCUT2D eigenvalue weighted by molar-refractivity contribution is 6.48. The van der Waals surface area contributed by atoms with Crippen molar-refractivity contribution in [2.45, 2.75) is 19.9 Å². The first-order valence-corrected chi connectivity index (χ1v) is 7.19. The van der Waals surface area contributed by atoms with E-state index in [0.29, 0.717) is 20.8 Å². The molecule has 1 N–H and O–H groups in total. The van der Waals surface area contributed by atoms with E-state index in [0.717, 1.165) is 11.1 Å². The van der Waals surface area contributed by atoms with Crippen LogP contribution in [0.25, 0.3) is 0 Å². The first-order valence-electron chi connectivity index (χ1n) is 6.05. The fourth-order valence-electron chi connectivity index (χ4n) is 2.02. The third-order valence-corrected chi connectivity index (χ3v) is 4.27. The van der Waals surface area contributed by atoms with Crippen LogP contribution in [0.3, 0.4) is 0 Å². The molecule has 2 rings (SSSR count). The predicted molar refractivity (Wildman–Crippen MR) is 84.6 cm³/mol. The highest BCUT2D eigenvalue weighted by Crippen LogP contribution is 2.36. The smallest absolute Gasteiger partial charge is 0.125 e. The van der Waals surface area contributed by atoms with Crippen LogP contribution in [-0.2, 0) is 0 Å². The van der Waals surface area contributed by atoms with Crippen LogP contribution in [-0.4, -0.2) is 0 Å². The molecule has 0 radical (unpaired) electrons. The molecule has 0 saturated carbocycles. The van der Waals surface area contributed by atoms with Gasteiger partial charge in [-0.05, 0) is 49.2 Å². The molecule has 1 nitrogen and oxygen atoms in total. The van der Waals surface area contributed by atoms with Crippen LogP contribution in [0, 0.1) is 12.7 Å². The molecule has 2 aromatic carbocycles. The van der Waals surface area contributed by atoms with Crippen molar-refractivity contribution in [3.8, 4) is 0 Å². The Morgan fingerprint density at radius 1 is 1.05 bits per heavy atom. The van der Waals surface area contributed by atoms with Crippen molar-refractivity contribution in [2.24, 2.45) is 0 Å². The van der Waals surface area contributed by atoms with Gasteiger partial charge in [-0.25, -0.2) is 4.39 Å². The van der Waals surface area contributed by atoms with Gasteiger partial charge < -0.3 is 5.32 Å². The Bertz CT molecular complexity index is 623. The molecule has 0 spiro atoms. The summed E-state index contributed by atoms with van der Waals surface area (Å²) in [4.78, 5) is 0. The SMILES string of the molecule is Cc1cc(F)cc(NC(C)c2ccc(Cl)c(Cl)c2Cl)c1. The summed E-state index contributed by atoms with van der Waals surface area (Å²) in [6.45, 7) is 3.76. The minimum Gasteiger partial charge on any atom is -0.378 e. The van der Waals surface area contributed by atoms with Gasteiger partial charge in [-0.1, -0.05) is 40.9 Å². The largest absolute Gasteiger partial charge is 0.378 e. The number of aryl methyl sites for hydroxylation is 1. The molecule has 0 fully saturated rings. The molecule has 106 valence electrons. The number of rotatable bonds is 3. The van der Waals surface area contributed by atoms with E-state index in [1.807, 2.05) is 19.9 Å². The number of anilines is 1. The normalized spacial score (nSPS) is 12.3. The number of hydrogen-bond acceptors (Lipinski definition) is 1. The fraction of sp³-hybridized carbons (Fsp3) is 0.200. The molecule has 0 aromatic heterocycles. The summed E-state index contributed by atoms with van der Waals surface area (Å²) in [7, 11) is 0. The number of nitrogens with one attached hydrogen (secondary N) is 1. The van der Waals surface area contributed by atoms with Gasteiger partial charge in [0.25, 0.3) is 0 Å². The zero-order chi connectivity index (χ0) is 14.9. The van der Waals surface area contributed by atoms with E-state index in [2.05, 4.69) is 5.32 Å². The Morgan fingerprint density at radius 3 is 2.40 bits per heavy atom. The van der Waals surface area contributed by atoms with Crippen LogP contribution in [0.2, 0.25) is 15.1 Å². The highest BCUT2D eigenvalue weighted by atomic mass is 35.5. The third kappa shape index (κ3) is 3.38. The molecule has 0 aliphatic rings. The molecule has 0 amide bonds. The maximum absolute atomic E-state index is 13.4. The zero-order valence-electron chi connectivity index (χ0n) is 11.0. The predicted octanol–water partition coefficient (Wildman–Crippen LogP) is 6.27. The van der Waals surface area contributed by atoms with Crippen molar-refractivity contribution in [3.63, 3.8) is 0 Å². The molecule has 0 aliphatic carbocycles. The van der Waals surface area contributed by atoms with Gasteiger partial charge in [0.15, 0.2) is 0 Å². The molecule has 0 saturated heterocycles. The molecule has 20 heavy (non-hydrogen) atoms. The van der Waals surface area contributed by atoms with E-state index < -0.39 is 0 Å². The van der Waals surface area contributed by atoms with E-state index in [4.69, 9.17) is 34.8 Å². The summed E-state index contributed by atoms with van der Waals surface area (Å²) in [5, 5.41) is 4.35. The van der Waals surface area contributed by atoms with Crippen molar-refractivity contribution in [2.75, 3.05) is 5.32 Å². The van der Waals surface area contributed by atoms with Crippen molar-refractivity contribution in [3.05, 3.63) is 62.3 Å². The van der Waals surface area contributed by atoms with Crippen molar-refractivity contribution in [1.29, 1.82) is 0 Å². The molecule has 2 aromatic rings. The first-order chi connectivity index (χ1) is 9.38. The maximum atomic E-state index is 13.4. The van der Waals surface area contributed by atoms with Gasteiger partial charge in [-0.15, -0.1) is 0 Å². The molecular formula is C15H13Cl3FN. The summed E-state index contributed by atoms with van der Waals surface area (Å²) in [5.74, 6) is -0.278. The topological polar surface area (TPSA) is 12.0 Å². The second-order valence-electron chi connectivity index (χ2n) is 4.65. The van der Waals surface area contributed by atoms with Crippen molar-refractivity contribution in [1.82, 2.24) is 0 Å². The minimum atomic E-state index is -0.278. The maximum Gasteiger partial charge on any atom is 0.125 e. The fourth-order valence-corrected chi connectivity index (χ4v) is 2.73. The van der Waals surface area contributed by atoms with Gasteiger partial charge in [-0.3, -0.25) is 0 Å². The van der Waals surface area contributed by atoms with Gasteiger partial charge >= 0.3 is 0 Å². The Labute approximate surface area is 132 Å². The number of benzene rings is 2. The lowest BCUT2D eigenvalue weighted by Crippen LogP contribution is -2.08. The van der Waals surface area contributed by atoms with E-state index in [-0.39, 0.29) is 11.9 Å². The van der Waals surface area contributed by atoms with Crippen LogP contribution in [0.15, 0.2) is 30.3 Å². The summed E-state index contributed by atoms with van der Waals surface area (Å²) in [6, 6.07) is 8.15. The molecule has 0 bridgehead atoms. The quantitative estimate of drug-likeness (QED) is 0.653. The van der Waals surface area contributed by atoms with Gasteiger partial charge in [0, 0.05) is 5.69 Å². The van der Waals surface area contributed by atoms with Crippen LogP contribution >= 0.6 is 34.8 Å². The monoisotopic (exact) mass is 331 g/mol. The summed E-state index contributed by atoms with van der Waals surface area (Å²) in [6.07, 6.45) is 0. The molecule has 0 aliphatic heterocycles. The first kappa shape index (κ1) is 15.4. The number of hydrogen-bond donors (Lipinski definition) is 1. The Kier molecular flexibility index (Phi) is 4.79. The van der Waals surface area contributed by atoms with Crippen molar-refractivity contribution < 1.29 is 4.39 Å². The van der Waals surface area contributed by atoms with Crippen LogP contribution < -0.4 is 5.32 Å². The lowest BCUT2D eigenvalue weighted by atomic mass is 10.1. The lowest BCUT2D eigenvalue weighted by Gasteiger charge is -2.18. The summed E-state index contributed by atoms with van der Waals surface area (Å²) < 4.78 is 13.4. The van der Waals surface area contributed by atoms with Gasteiger partial charge in [-0.2, -0.15) is 0 Å². The zero-order valence-corrected chi connectivity index (χ0v) is 13.2. The van der Waals surface area contributed by atoms with E-state index in [9.17, 15) is 4.39 Å². The molecule has 1 unspecified atom stereocenters. The lowest BCUT2D eigenvalue weighted by molar-refractivity contribution is 0.626. The Balaban J connectivity index is 2.28. The Morgan fingerprint density at radius 2 is 1.75 bits per heavy atom. The van der Waals surface area contributed by atoms with E-state index >= 15 is 0 Å². The molecule has 5 heteroatoms. The molecule has 1 atom stereocenters. The minimum absolute atomic E-state index is 0.126.